The molecular weight excluding hydrogens is 599 g/mol. The number of hydrogen-bond acceptors (Lipinski definition) is 2. The molecule has 0 spiro atoms. The molecule has 2 nitrogen and oxygen atoms in total. The Morgan fingerprint density at radius 2 is 1.55 bits per heavy atom. The summed E-state index contributed by atoms with van der Waals surface area (Å²) in [5.41, 5.74) is -4.10. The first-order valence-electron chi connectivity index (χ1n) is 10.3. The molecule has 2 unspecified atom stereocenters. The molecule has 0 fully saturated rings. The van der Waals surface area contributed by atoms with Crippen molar-refractivity contribution in [2.24, 2.45) is 0 Å². The molecule has 1 N–H and O–H groups in total. The molecule has 0 aliphatic heterocycles. The van der Waals surface area contributed by atoms with Crippen LogP contribution >= 0.6 is 35.0 Å². The maximum atomic E-state index is 14.9. The quantitative estimate of drug-likeness (QED) is 0.300. The number of carbonyl (C=O) groups is 1. The molecule has 0 aliphatic carbocycles. The zero-order chi connectivity index (χ0) is 29.1. The largest absolute Gasteiger partial charge is 0.417 e. The SMILES string of the molecule is CC(CSCC(F)(F)F)NC(=O)c1ccc(/C(F)=C/C(c2cc(Cl)cc(Cl)c2)C(F)(F)F)cc1C(F)(F)F. The van der Waals surface area contributed by atoms with E-state index in [4.69, 9.17) is 23.2 Å². The Hall–Kier alpha value is -2.12. The number of rotatable bonds is 8. The van der Waals surface area contributed by atoms with Crippen LogP contribution in [0.2, 0.25) is 10.0 Å². The molecule has 38 heavy (non-hydrogen) atoms. The lowest BCUT2D eigenvalue weighted by Gasteiger charge is -2.19. The number of allylic oxidation sites excluding steroid dienone is 1. The summed E-state index contributed by atoms with van der Waals surface area (Å²) in [6.45, 7) is 1.27. The van der Waals surface area contributed by atoms with Crippen molar-refractivity contribution < 1.29 is 48.7 Å². The molecule has 210 valence electrons. The van der Waals surface area contributed by atoms with Crippen molar-refractivity contribution in [1.82, 2.24) is 5.32 Å². The van der Waals surface area contributed by atoms with Gasteiger partial charge in [-0.1, -0.05) is 29.3 Å². The summed E-state index contributed by atoms with van der Waals surface area (Å²) in [5.74, 6) is -7.10. The first-order valence-corrected chi connectivity index (χ1v) is 12.3. The van der Waals surface area contributed by atoms with Gasteiger partial charge in [0.05, 0.1) is 16.9 Å². The van der Waals surface area contributed by atoms with Gasteiger partial charge in [0.25, 0.3) is 5.91 Å². The van der Waals surface area contributed by atoms with Gasteiger partial charge in [0.1, 0.15) is 11.7 Å². The first-order chi connectivity index (χ1) is 17.3. The van der Waals surface area contributed by atoms with Crippen molar-refractivity contribution in [2.75, 3.05) is 11.5 Å². The minimum absolute atomic E-state index is 0.0527. The monoisotopic (exact) mass is 615 g/mol. The minimum atomic E-state index is -5.22. The molecule has 0 bridgehead atoms. The lowest BCUT2D eigenvalue weighted by molar-refractivity contribution is -0.140. The smallest absolute Gasteiger partial charge is 0.349 e. The Kier molecular flexibility index (Phi) is 10.5. The van der Waals surface area contributed by atoms with Crippen molar-refractivity contribution in [3.8, 4) is 0 Å². The normalized spacial score (nSPS) is 14.8. The molecule has 0 saturated carbocycles. The minimum Gasteiger partial charge on any atom is -0.349 e. The highest BCUT2D eigenvalue weighted by molar-refractivity contribution is 7.99. The van der Waals surface area contributed by atoms with Crippen LogP contribution in [0, 0.1) is 0 Å². The number of benzene rings is 2. The van der Waals surface area contributed by atoms with Gasteiger partial charge in [-0.15, -0.1) is 0 Å². The van der Waals surface area contributed by atoms with Crippen LogP contribution < -0.4 is 5.32 Å². The maximum absolute atomic E-state index is 14.9. The van der Waals surface area contributed by atoms with Crippen molar-refractivity contribution in [3.63, 3.8) is 0 Å². The van der Waals surface area contributed by atoms with E-state index in [-0.39, 0.29) is 27.9 Å². The fraction of sp³-hybridized carbons (Fsp3) is 0.348. The molecule has 15 heteroatoms. The molecule has 1 amide bonds. The Balaban J connectivity index is 2.39. The zero-order valence-corrected chi connectivity index (χ0v) is 21.3. The molecule has 2 aromatic rings. The van der Waals surface area contributed by atoms with Gasteiger partial charge in [0.2, 0.25) is 0 Å². The third-order valence-electron chi connectivity index (χ3n) is 4.77. The molecule has 0 radical (unpaired) electrons. The second-order valence-electron chi connectivity index (χ2n) is 8.00. The predicted molar refractivity (Wildman–Crippen MR) is 126 cm³/mol. The third-order valence-corrected chi connectivity index (χ3v) is 6.47. The van der Waals surface area contributed by atoms with Crippen LogP contribution in [0.25, 0.3) is 5.83 Å². The van der Waals surface area contributed by atoms with E-state index >= 15 is 0 Å². The number of alkyl halides is 9. The topological polar surface area (TPSA) is 29.1 Å². The summed E-state index contributed by atoms with van der Waals surface area (Å²) in [6.07, 6.45) is -14.7. The van der Waals surface area contributed by atoms with Crippen LogP contribution in [0.5, 0.6) is 0 Å². The molecule has 2 atom stereocenters. The van der Waals surface area contributed by atoms with Gasteiger partial charge in [-0.25, -0.2) is 4.39 Å². The zero-order valence-electron chi connectivity index (χ0n) is 19.0. The first kappa shape index (κ1) is 32.1. The Morgan fingerprint density at radius 1 is 0.974 bits per heavy atom. The Morgan fingerprint density at radius 3 is 2.05 bits per heavy atom. The van der Waals surface area contributed by atoms with Crippen LogP contribution in [0.15, 0.2) is 42.5 Å². The third kappa shape index (κ3) is 9.57. The molecule has 0 heterocycles. The van der Waals surface area contributed by atoms with Crippen molar-refractivity contribution in [3.05, 3.63) is 74.8 Å². The predicted octanol–water partition coefficient (Wildman–Crippen LogP) is 9.08. The van der Waals surface area contributed by atoms with Gasteiger partial charge in [0, 0.05) is 27.4 Å². The van der Waals surface area contributed by atoms with Crippen LogP contribution in [0.3, 0.4) is 0 Å². The van der Waals surface area contributed by atoms with E-state index < -0.39 is 70.2 Å². The van der Waals surface area contributed by atoms with Gasteiger partial charge >= 0.3 is 18.5 Å². The second-order valence-corrected chi connectivity index (χ2v) is 9.90. The van der Waals surface area contributed by atoms with E-state index in [1.807, 2.05) is 0 Å². The molecular formula is C23H17Cl2F10NOS. The van der Waals surface area contributed by atoms with E-state index in [9.17, 15) is 48.7 Å². The van der Waals surface area contributed by atoms with E-state index in [1.54, 1.807) is 0 Å². The number of amides is 1. The van der Waals surface area contributed by atoms with Crippen molar-refractivity contribution >= 4 is 46.7 Å². The summed E-state index contributed by atoms with van der Waals surface area (Å²) >= 11 is 11.8. The standard InChI is InChI=1S/C23H17Cl2F10NOS/c1-11(9-38-10-21(27,28)29)36-20(37)16-3-2-12(6-18(16)23(33,34)35)19(26)8-17(22(30,31)32)13-4-14(24)7-15(25)5-13/h2-8,11,17H,9-10H2,1H3,(H,36,37)/b19-8-. The van der Waals surface area contributed by atoms with Crippen LogP contribution in [-0.2, 0) is 6.18 Å². The number of halogens is 12. The fourth-order valence-electron chi connectivity index (χ4n) is 3.20. The molecule has 2 rings (SSSR count). The molecule has 2 aromatic carbocycles. The summed E-state index contributed by atoms with van der Waals surface area (Å²) in [4.78, 5) is 12.4. The summed E-state index contributed by atoms with van der Waals surface area (Å²) in [6, 6.07) is 3.32. The highest BCUT2D eigenvalue weighted by Gasteiger charge is 2.41. The summed E-state index contributed by atoms with van der Waals surface area (Å²) < 4.78 is 134. The molecule has 0 aliphatic rings. The number of nitrogens with one attached hydrogen (secondary N) is 1. The van der Waals surface area contributed by atoms with E-state index in [0.29, 0.717) is 23.9 Å². The number of thioether (sulfide) groups is 1. The van der Waals surface area contributed by atoms with Gasteiger partial charge < -0.3 is 5.32 Å². The van der Waals surface area contributed by atoms with E-state index in [1.165, 1.54) is 6.92 Å². The van der Waals surface area contributed by atoms with Gasteiger partial charge in [0.15, 0.2) is 0 Å². The molecule has 0 aromatic heterocycles. The van der Waals surface area contributed by atoms with Crippen molar-refractivity contribution in [2.45, 2.75) is 37.4 Å². The van der Waals surface area contributed by atoms with Gasteiger partial charge in [-0.05, 0) is 48.9 Å². The van der Waals surface area contributed by atoms with Crippen molar-refractivity contribution in [1.29, 1.82) is 0 Å². The average Bonchev–Trinajstić information content (AvgIpc) is 2.73. The number of hydrogen-bond donors (Lipinski definition) is 1. The van der Waals surface area contributed by atoms with Gasteiger partial charge in [-0.2, -0.15) is 51.3 Å². The maximum Gasteiger partial charge on any atom is 0.417 e. The fourth-order valence-corrected chi connectivity index (χ4v) is 4.53. The number of carbonyl (C=O) groups excluding carboxylic acids is 1. The lowest BCUT2D eigenvalue weighted by atomic mass is 9.95. The average molecular weight is 616 g/mol. The van der Waals surface area contributed by atoms with Crippen LogP contribution in [0.4, 0.5) is 43.9 Å². The summed E-state index contributed by atoms with van der Waals surface area (Å²) in [5, 5.41) is 1.75. The van der Waals surface area contributed by atoms with Gasteiger partial charge in [-0.3, -0.25) is 4.79 Å². The highest BCUT2D eigenvalue weighted by atomic mass is 35.5. The second kappa shape index (κ2) is 12.4. The summed E-state index contributed by atoms with van der Waals surface area (Å²) in [7, 11) is 0. The molecule has 0 saturated heterocycles. The van der Waals surface area contributed by atoms with Crippen LogP contribution in [-0.4, -0.2) is 35.8 Å². The van der Waals surface area contributed by atoms with E-state index in [2.05, 4.69) is 5.32 Å². The Labute approximate surface area is 224 Å². The Bertz CT molecular complexity index is 1160. The van der Waals surface area contributed by atoms with Crippen LogP contribution in [0.1, 0.15) is 39.9 Å². The van der Waals surface area contributed by atoms with E-state index in [0.717, 1.165) is 18.2 Å². The highest BCUT2D eigenvalue weighted by Crippen LogP contribution is 2.41. The lowest BCUT2D eigenvalue weighted by Crippen LogP contribution is -2.35.